The molecule has 0 radical (unpaired) electrons. The minimum Gasteiger partial charge on any atom is -0.478 e. The van der Waals surface area contributed by atoms with Crippen LogP contribution in [-0.2, 0) is 4.79 Å². The lowest BCUT2D eigenvalue weighted by molar-refractivity contribution is -0.126. The van der Waals surface area contributed by atoms with Gasteiger partial charge >= 0.3 is 5.97 Å². The number of benzene rings is 1. The molecule has 108 valence electrons. The number of carboxylic acid groups (broad SMARTS) is 1. The smallest absolute Gasteiger partial charge is 0.335 e. The SMILES string of the molecule is NCC1(C(=O)Nc2cccc(C(=O)O)c2)CCCCC1. The van der Waals surface area contributed by atoms with Crippen LogP contribution in [0.25, 0.3) is 0 Å². The minimum atomic E-state index is -1.01. The Morgan fingerprint density at radius 3 is 2.55 bits per heavy atom. The highest BCUT2D eigenvalue weighted by Crippen LogP contribution is 2.36. The molecule has 0 aliphatic heterocycles. The van der Waals surface area contributed by atoms with E-state index in [0.717, 1.165) is 32.1 Å². The molecule has 1 aromatic rings. The number of hydrogen-bond acceptors (Lipinski definition) is 3. The van der Waals surface area contributed by atoms with Crippen molar-refractivity contribution in [2.45, 2.75) is 32.1 Å². The van der Waals surface area contributed by atoms with Crippen LogP contribution in [0, 0.1) is 5.41 Å². The quantitative estimate of drug-likeness (QED) is 0.786. The summed E-state index contributed by atoms with van der Waals surface area (Å²) in [6.07, 6.45) is 4.77. The molecule has 1 saturated carbocycles. The van der Waals surface area contributed by atoms with E-state index in [1.165, 1.54) is 12.1 Å². The van der Waals surface area contributed by atoms with Gasteiger partial charge in [-0.3, -0.25) is 4.79 Å². The van der Waals surface area contributed by atoms with E-state index in [-0.39, 0.29) is 11.5 Å². The molecule has 0 atom stereocenters. The summed E-state index contributed by atoms with van der Waals surface area (Å²) in [6, 6.07) is 6.27. The molecular formula is C15H20N2O3. The van der Waals surface area contributed by atoms with Crippen molar-refractivity contribution in [3.8, 4) is 0 Å². The average molecular weight is 276 g/mol. The number of carbonyl (C=O) groups excluding carboxylic acids is 1. The standard InChI is InChI=1S/C15H20N2O3/c16-10-15(7-2-1-3-8-15)14(20)17-12-6-4-5-11(9-12)13(18)19/h4-6,9H,1-3,7-8,10,16H2,(H,17,20)(H,18,19). The lowest BCUT2D eigenvalue weighted by Gasteiger charge is -2.34. The second kappa shape index (κ2) is 6.05. The van der Waals surface area contributed by atoms with Gasteiger partial charge in [-0.1, -0.05) is 25.3 Å². The van der Waals surface area contributed by atoms with Gasteiger partial charge in [0, 0.05) is 12.2 Å². The van der Waals surface area contributed by atoms with Gasteiger partial charge in [0.25, 0.3) is 0 Å². The zero-order valence-corrected chi connectivity index (χ0v) is 11.4. The molecule has 0 spiro atoms. The van der Waals surface area contributed by atoms with Crippen LogP contribution in [0.4, 0.5) is 5.69 Å². The van der Waals surface area contributed by atoms with Crippen LogP contribution in [0.15, 0.2) is 24.3 Å². The molecule has 1 fully saturated rings. The first-order valence-electron chi connectivity index (χ1n) is 6.92. The normalized spacial score (nSPS) is 17.4. The minimum absolute atomic E-state index is 0.0951. The molecule has 1 aromatic carbocycles. The maximum Gasteiger partial charge on any atom is 0.335 e. The lowest BCUT2D eigenvalue weighted by atomic mass is 9.73. The Labute approximate surface area is 118 Å². The highest BCUT2D eigenvalue weighted by molar-refractivity contribution is 5.97. The summed E-state index contributed by atoms with van der Waals surface area (Å²) in [5, 5.41) is 11.8. The topological polar surface area (TPSA) is 92.4 Å². The van der Waals surface area contributed by atoms with Crippen molar-refractivity contribution >= 4 is 17.6 Å². The summed E-state index contributed by atoms with van der Waals surface area (Å²) in [6.45, 7) is 0.331. The van der Waals surface area contributed by atoms with Gasteiger partial charge in [-0.2, -0.15) is 0 Å². The van der Waals surface area contributed by atoms with E-state index in [0.29, 0.717) is 12.2 Å². The fourth-order valence-electron chi connectivity index (χ4n) is 2.75. The molecule has 0 saturated heterocycles. The summed E-state index contributed by atoms with van der Waals surface area (Å²) < 4.78 is 0. The summed E-state index contributed by atoms with van der Waals surface area (Å²) in [7, 11) is 0. The molecule has 0 unspecified atom stereocenters. The van der Waals surface area contributed by atoms with Gasteiger partial charge in [0.2, 0.25) is 5.91 Å². The third-order valence-electron chi connectivity index (χ3n) is 4.05. The number of carboxylic acids is 1. The number of rotatable bonds is 4. The highest BCUT2D eigenvalue weighted by Gasteiger charge is 2.38. The van der Waals surface area contributed by atoms with E-state index in [1.807, 2.05) is 0 Å². The fraction of sp³-hybridized carbons (Fsp3) is 0.467. The van der Waals surface area contributed by atoms with Crippen LogP contribution in [0.5, 0.6) is 0 Å². The van der Waals surface area contributed by atoms with Crippen molar-refractivity contribution in [3.63, 3.8) is 0 Å². The van der Waals surface area contributed by atoms with Crippen LogP contribution < -0.4 is 11.1 Å². The van der Waals surface area contributed by atoms with Gasteiger partial charge < -0.3 is 16.2 Å². The van der Waals surface area contributed by atoms with Gasteiger partial charge in [-0.15, -0.1) is 0 Å². The molecule has 4 N–H and O–H groups in total. The van der Waals surface area contributed by atoms with Gasteiger partial charge in [0.05, 0.1) is 11.0 Å². The van der Waals surface area contributed by atoms with E-state index in [9.17, 15) is 9.59 Å². The monoisotopic (exact) mass is 276 g/mol. The molecule has 2 rings (SSSR count). The van der Waals surface area contributed by atoms with Crippen molar-refractivity contribution < 1.29 is 14.7 Å². The maximum absolute atomic E-state index is 12.5. The molecule has 0 bridgehead atoms. The zero-order valence-electron chi connectivity index (χ0n) is 11.4. The van der Waals surface area contributed by atoms with Crippen LogP contribution in [-0.4, -0.2) is 23.5 Å². The molecule has 0 heterocycles. The maximum atomic E-state index is 12.5. The van der Waals surface area contributed by atoms with Crippen molar-refractivity contribution in [1.29, 1.82) is 0 Å². The average Bonchev–Trinajstić information content (AvgIpc) is 2.48. The predicted molar refractivity (Wildman–Crippen MR) is 76.6 cm³/mol. The third-order valence-corrected chi connectivity index (χ3v) is 4.05. The zero-order chi connectivity index (χ0) is 14.6. The number of anilines is 1. The number of carbonyl (C=O) groups is 2. The summed E-state index contributed by atoms with van der Waals surface area (Å²) in [5.74, 6) is -1.10. The van der Waals surface area contributed by atoms with E-state index in [2.05, 4.69) is 5.32 Å². The van der Waals surface area contributed by atoms with Crippen molar-refractivity contribution in [1.82, 2.24) is 0 Å². The Kier molecular flexibility index (Phi) is 4.39. The third kappa shape index (κ3) is 2.99. The Bertz CT molecular complexity index is 508. The number of amides is 1. The Morgan fingerprint density at radius 2 is 1.95 bits per heavy atom. The molecule has 5 heteroatoms. The molecule has 20 heavy (non-hydrogen) atoms. The van der Waals surface area contributed by atoms with Crippen molar-refractivity contribution in [3.05, 3.63) is 29.8 Å². The number of nitrogens with two attached hydrogens (primary N) is 1. The molecule has 1 aliphatic rings. The van der Waals surface area contributed by atoms with Crippen LogP contribution >= 0.6 is 0 Å². The molecule has 0 aromatic heterocycles. The van der Waals surface area contributed by atoms with Gasteiger partial charge in [0.1, 0.15) is 0 Å². The largest absolute Gasteiger partial charge is 0.478 e. The van der Waals surface area contributed by atoms with Gasteiger partial charge in [-0.25, -0.2) is 4.79 Å². The first-order chi connectivity index (χ1) is 9.57. The Balaban J connectivity index is 2.14. The summed E-state index contributed by atoms with van der Waals surface area (Å²) >= 11 is 0. The Hall–Kier alpha value is -1.88. The number of aromatic carboxylic acids is 1. The molecule has 1 amide bonds. The molecule has 5 nitrogen and oxygen atoms in total. The summed E-state index contributed by atoms with van der Waals surface area (Å²) in [5.41, 5.74) is 5.98. The molecule has 1 aliphatic carbocycles. The lowest BCUT2D eigenvalue weighted by Crippen LogP contribution is -2.43. The van der Waals surface area contributed by atoms with E-state index < -0.39 is 11.4 Å². The van der Waals surface area contributed by atoms with Crippen molar-refractivity contribution in [2.75, 3.05) is 11.9 Å². The molecular weight excluding hydrogens is 256 g/mol. The van der Waals surface area contributed by atoms with Crippen LogP contribution in [0.1, 0.15) is 42.5 Å². The number of nitrogens with one attached hydrogen (secondary N) is 1. The second-order valence-electron chi connectivity index (χ2n) is 5.39. The Morgan fingerprint density at radius 1 is 1.25 bits per heavy atom. The second-order valence-corrected chi connectivity index (χ2v) is 5.39. The van der Waals surface area contributed by atoms with Gasteiger partial charge in [-0.05, 0) is 31.0 Å². The van der Waals surface area contributed by atoms with Crippen LogP contribution in [0.2, 0.25) is 0 Å². The number of hydrogen-bond donors (Lipinski definition) is 3. The van der Waals surface area contributed by atoms with E-state index >= 15 is 0 Å². The highest BCUT2D eigenvalue weighted by atomic mass is 16.4. The fourth-order valence-corrected chi connectivity index (χ4v) is 2.75. The van der Waals surface area contributed by atoms with E-state index in [1.54, 1.807) is 12.1 Å². The first kappa shape index (κ1) is 14.5. The summed E-state index contributed by atoms with van der Waals surface area (Å²) in [4.78, 5) is 23.4. The predicted octanol–water partition coefficient (Wildman–Crippen LogP) is 2.23. The van der Waals surface area contributed by atoms with Gasteiger partial charge in [0.15, 0.2) is 0 Å². The first-order valence-corrected chi connectivity index (χ1v) is 6.92. The van der Waals surface area contributed by atoms with E-state index in [4.69, 9.17) is 10.8 Å². The van der Waals surface area contributed by atoms with Crippen molar-refractivity contribution in [2.24, 2.45) is 11.1 Å². The van der Waals surface area contributed by atoms with Crippen LogP contribution in [0.3, 0.4) is 0 Å².